The van der Waals surface area contributed by atoms with Crippen molar-refractivity contribution in [1.29, 1.82) is 0 Å². The number of amides is 2. The van der Waals surface area contributed by atoms with Crippen LogP contribution in [0.15, 0.2) is 42.6 Å². The largest absolute Gasteiger partial charge is 0.505 e. The van der Waals surface area contributed by atoms with Crippen molar-refractivity contribution in [2.24, 2.45) is 0 Å². The highest BCUT2D eigenvalue weighted by Crippen LogP contribution is 2.43. The molecule has 6 nitrogen and oxygen atoms in total. The van der Waals surface area contributed by atoms with Gasteiger partial charge in [-0.05, 0) is 36.6 Å². The third-order valence-electron chi connectivity index (χ3n) is 4.89. The molecule has 2 aromatic rings. The zero-order valence-electron chi connectivity index (χ0n) is 13.0. The molecule has 1 spiro atoms. The van der Waals surface area contributed by atoms with E-state index in [2.05, 4.69) is 10.3 Å². The normalized spacial score (nSPS) is 22.3. The van der Waals surface area contributed by atoms with Gasteiger partial charge in [0.25, 0.3) is 5.91 Å². The van der Waals surface area contributed by atoms with Crippen LogP contribution in [0, 0.1) is 0 Å². The van der Waals surface area contributed by atoms with Gasteiger partial charge >= 0.3 is 0 Å². The van der Waals surface area contributed by atoms with Crippen LogP contribution in [-0.4, -0.2) is 39.9 Å². The number of rotatable bonds is 1. The summed E-state index contributed by atoms with van der Waals surface area (Å²) >= 11 is 0. The standard InChI is InChI=1S/C18H17N3O3/c22-14-7-3-9-19-15(14)16(23)21-10-4-8-18(11-21)12-5-1-2-6-13(12)20-17(18)24/h1-3,5-7,9,22H,4,8,10-11H2,(H,20,24)/t18-/m0/s1. The molecule has 0 saturated carbocycles. The number of benzene rings is 1. The minimum atomic E-state index is -0.713. The number of carbonyl (C=O) groups excluding carboxylic acids is 2. The Kier molecular flexibility index (Phi) is 3.26. The van der Waals surface area contributed by atoms with Crippen molar-refractivity contribution < 1.29 is 14.7 Å². The summed E-state index contributed by atoms with van der Waals surface area (Å²) in [5.41, 5.74) is 1.08. The van der Waals surface area contributed by atoms with Crippen molar-refractivity contribution >= 4 is 17.5 Å². The Labute approximate surface area is 139 Å². The number of piperidine rings is 1. The number of hydrogen-bond donors (Lipinski definition) is 2. The van der Waals surface area contributed by atoms with E-state index in [4.69, 9.17) is 0 Å². The molecule has 2 aliphatic rings. The number of para-hydroxylation sites is 1. The van der Waals surface area contributed by atoms with E-state index in [1.54, 1.807) is 11.0 Å². The second kappa shape index (κ2) is 5.33. The van der Waals surface area contributed by atoms with Gasteiger partial charge in [0.05, 0.1) is 5.41 Å². The van der Waals surface area contributed by atoms with E-state index in [9.17, 15) is 14.7 Å². The SMILES string of the molecule is O=C(c1ncccc1O)N1CCC[C@@]2(C1)C(=O)Nc1ccccc12. The predicted molar refractivity (Wildman–Crippen MR) is 87.8 cm³/mol. The first-order chi connectivity index (χ1) is 11.6. The van der Waals surface area contributed by atoms with E-state index >= 15 is 0 Å². The topological polar surface area (TPSA) is 82.5 Å². The van der Waals surface area contributed by atoms with Gasteiger partial charge in [-0.3, -0.25) is 9.59 Å². The smallest absolute Gasteiger partial charge is 0.276 e. The maximum atomic E-state index is 12.8. The molecule has 2 N–H and O–H groups in total. The van der Waals surface area contributed by atoms with Crippen LogP contribution in [-0.2, 0) is 10.2 Å². The highest BCUT2D eigenvalue weighted by atomic mass is 16.3. The molecule has 1 saturated heterocycles. The molecule has 1 aromatic carbocycles. The molecule has 1 aromatic heterocycles. The van der Waals surface area contributed by atoms with Crippen LogP contribution >= 0.6 is 0 Å². The van der Waals surface area contributed by atoms with Gasteiger partial charge in [0, 0.05) is 25.0 Å². The quantitative estimate of drug-likeness (QED) is 0.840. The number of nitrogens with one attached hydrogen (secondary N) is 1. The van der Waals surface area contributed by atoms with E-state index in [0.717, 1.165) is 17.7 Å². The molecule has 0 aliphatic carbocycles. The molecule has 2 amide bonds. The number of fused-ring (bicyclic) bond motifs is 2. The van der Waals surface area contributed by atoms with Crippen LogP contribution in [0.4, 0.5) is 5.69 Å². The Bertz CT molecular complexity index is 836. The lowest BCUT2D eigenvalue weighted by Gasteiger charge is -2.38. The summed E-state index contributed by atoms with van der Waals surface area (Å²) in [6.45, 7) is 0.844. The lowest BCUT2D eigenvalue weighted by atomic mass is 9.75. The molecule has 6 heteroatoms. The summed E-state index contributed by atoms with van der Waals surface area (Å²) in [6, 6.07) is 10.6. The minimum Gasteiger partial charge on any atom is -0.505 e. The molecule has 1 atom stereocenters. The molecular weight excluding hydrogens is 306 g/mol. The van der Waals surface area contributed by atoms with E-state index in [-0.39, 0.29) is 23.3 Å². The first kappa shape index (κ1) is 14.7. The van der Waals surface area contributed by atoms with Crippen molar-refractivity contribution in [3.05, 3.63) is 53.9 Å². The van der Waals surface area contributed by atoms with Crippen LogP contribution in [0.5, 0.6) is 5.75 Å². The van der Waals surface area contributed by atoms with Crippen molar-refractivity contribution in [1.82, 2.24) is 9.88 Å². The molecule has 0 unspecified atom stereocenters. The Morgan fingerprint density at radius 3 is 2.92 bits per heavy atom. The molecule has 24 heavy (non-hydrogen) atoms. The van der Waals surface area contributed by atoms with Crippen LogP contribution in [0.2, 0.25) is 0 Å². The lowest BCUT2D eigenvalue weighted by Crippen LogP contribution is -2.52. The molecular formula is C18H17N3O3. The number of hydrogen-bond acceptors (Lipinski definition) is 4. The Hall–Kier alpha value is -2.89. The van der Waals surface area contributed by atoms with Gasteiger partial charge in [-0.15, -0.1) is 0 Å². The Morgan fingerprint density at radius 1 is 1.25 bits per heavy atom. The zero-order valence-corrected chi connectivity index (χ0v) is 13.0. The highest BCUT2D eigenvalue weighted by molar-refractivity contribution is 6.07. The molecule has 3 heterocycles. The van der Waals surface area contributed by atoms with Crippen molar-refractivity contribution in [2.75, 3.05) is 18.4 Å². The van der Waals surface area contributed by atoms with E-state index in [1.807, 2.05) is 24.3 Å². The van der Waals surface area contributed by atoms with Crippen LogP contribution in [0.25, 0.3) is 0 Å². The highest BCUT2D eigenvalue weighted by Gasteiger charge is 2.50. The monoisotopic (exact) mass is 323 g/mol. The predicted octanol–water partition coefficient (Wildman–Crippen LogP) is 1.91. The molecule has 122 valence electrons. The van der Waals surface area contributed by atoms with Gasteiger partial charge in [-0.1, -0.05) is 18.2 Å². The fourth-order valence-corrected chi connectivity index (χ4v) is 3.72. The number of likely N-dealkylation sites (tertiary alicyclic amines) is 1. The summed E-state index contributed by atoms with van der Waals surface area (Å²) in [7, 11) is 0. The fraction of sp³-hybridized carbons (Fsp3) is 0.278. The maximum Gasteiger partial charge on any atom is 0.276 e. The first-order valence-electron chi connectivity index (χ1n) is 7.96. The molecule has 1 fully saturated rings. The Balaban J connectivity index is 1.69. The summed E-state index contributed by atoms with van der Waals surface area (Å²) < 4.78 is 0. The number of pyridine rings is 1. The summed E-state index contributed by atoms with van der Waals surface area (Å²) in [4.78, 5) is 31.0. The van der Waals surface area contributed by atoms with Crippen molar-refractivity contribution in [3.63, 3.8) is 0 Å². The number of nitrogens with zero attached hydrogens (tertiary/aromatic N) is 2. The average Bonchev–Trinajstić information content (AvgIpc) is 2.87. The second-order valence-electron chi connectivity index (χ2n) is 6.28. The number of carbonyl (C=O) groups is 2. The molecule has 2 aliphatic heterocycles. The van der Waals surface area contributed by atoms with Crippen molar-refractivity contribution in [3.8, 4) is 5.75 Å². The summed E-state index contributed by atoms with van der Waals surface area (Å²) in [5.74, 6) is -0.547. The molecule has 0 bridgehead atoms. The van der Waals surface area contributed by atoms with E-state index < -0.39 is 5.41 Å². The van der Waals surface area contributed by atoms with Gasteiger partial charge in [0.2, 0.25) is 5.91 Å². The number of aromatic nitrogens is 1. The minimum absolute atomic E-state index is 0.0289. The molecule has 0 radical (unpaired) electrons. The van der Waals surface area contributed by atoms with Crippen LogP contribution in [0.3, 0.4) is 0 Å². The van der Waals surface area contributed by atoms with E-state index in [0.29, 0.717) is 19.5 Å². The van der Waals surface area contributed by atoms with Crippen LogP contribution < -0.4 is 5.32 Å². The van der Waals surface area contributed by atoms with Gasteiger partial charge in [0.15, 0.2) is 5.69 Å². The fourth-order valence-electron chi connectivity index (χ4n) is 3.72. The van der Waals surface area contributed by atoms with Gasteiger partial charge in [-0.2, -0.15) is 0 Å². The van der Waals surface area contributed by atoms with E-state index in [1.165, 1.54) is 12.3 Å². The molecule has 4 rings (SSSR count). The third-order valence-corrected chi connectivity index (χ3v) is 4.89. The third kappa shape index (κ3) is 2.06. The number of anilines is 1. The van der Waals surface area contributed by atoms with Crippen molar-refractivity contribution in [2.45, 2.75) is 18.3 Å². The lowest BCUT2D eigenvalue weighted by molar-refractivity contribution is -0.122. The summed E-state index contributed by atoms with van der Waals surface area (Å²) in [6.07, 6.45) is 2.90. The van der Waals surface area contributed by atoms with Crippen LogP contribution in [0.1, 0.15) is 28.9 Å². The Morgan fingerprint density at radius 2 is 2.08 bits per heavy atom. The summed E-state index contributed by atoms with van der Waals surface area (Å²) in [5, 5.41) is 12.8. The first-order valence-corrected chi connectivity index (χ1v) is 7.96. The second-order valence-corrected chi connectivity index (χ2v) is 6.28. The maximum absolute atomic E-state index is 12.8. The zero-order chi connectivity index (χ0) is 16.7. The average molecular weight is 323 g/mol. The van der Waals surface area contributed by atoms with Gasteiger partial charge in [-0.25, -0.2) is 4.98 Å². The van der Waals surface area contributed by atoms with Gasteiger partial charge in [0.1, 0.15) is 5.75 Å². The van der Waals surface area contributed by atoms with Gasteiger partial charge < -0.3 is 15.3 Å². The number of aromatic hydroxyl groups is 1.